The fourth-order valence-electron chi connectivity index (χ4n) is 1.90. The van der Waals surface area contributed by atoms with Gasteiger partial charge in [-0.25, -0.2) is 9.37 Å². The number of hydrogen-bond acceptors (Lipinski definition) is 3. The minimum atomic E-state index is -0.265. The van der Waals surface area contributed by atoms with Crippen LogP contribution in [0.5, 0.6) is 0 Å². The molecule has 2 rings (SSSR count). The van der Waals surface area contributed by atoms with Crippen LogP contribution in [-0.4, -0.2) is 11.5 Å². The van der Waals surface area contributed by atoms with Crippen LogP contribution in [-0.2, 0) is 6.42 Å². The molecule has 3 nitrogen and oxygen atoms in total. The van der Waals surface area contributed by atoms with E-state index in [1.165, 1.54) is 18.3 Å². The van der Waals surface area contributed by atoms with Crippen molar-refractivity contribution in [1.29, 1.82) is 5.26 Å². The second-order valence-corrected chi connectivity index (χ2v) is 4.43. The maximum Gasteiger partial charge on any atom is 0.130 e. The van der Waals surface area contributed by atoms with Crippen LogP contribution >= 0.6 is 0 Å². The first-order valence-electron chi connectivity index (χ1n) is 6.50. The van der Waals surface area contributed by atoms with E-state index in [0.29, 0.717) is 24.3 Å². The van der Waals surface area contributed by atoms with E-state index in [1.807, 2.05) is 0 Å². The third-order valence-corrected chi connectivity index (χ3v) is 2.92. The van der Waals surface area contributed by atoms with Crippen LogP contribution in [0.3, 0.4) is 0 Å². The average Bonchev–Trinajstić information content (AvgIpc) is 2.51. The summed E-state index contributed by atoms with van der Waals surface area (Å²) in [5.41, 5.74) is 2.34. The van der Waals surface area contributed by atoms with Gasteiger partial charge < -0.3 is 5.32 Å². The predicted octanol–water partition coefficient (Wildman–Crippen LogP) is 3.12. The Hall–Kier alpha value is -2.85. The van der Waals surface area contributed by atoms with Gasteiger partial charge in [0.2, 0.25) is 0 Å². The first-order valence-corrected chi connectivity index (χ1v) is 6.50. The highest BCUT2D eigenvalue weighted by atomic mass is 19.1. The highest BCUT2D eigenvalue weighted by Gasteiger charge is 2.07. The van der Waals surface area contributed by atoms with E-state index < -0.39 is 0 Å². The average molecular weight is 279 g/mol. The Labute approximate surface area is 123 Å². The Kier molecular flexibility index (Phi) is 4.90. The number of nitriles is 1. The van der Waals surface area contributed by atoms with Gasteiger partial charge >= 0.3 is 0 Å². The van der Waals surface area contributed by atoms with Crippen LogP contribution in [0.1, 0.15) is 23.6 Å². The van der Waals surface area contributed by atoms with Gasteiger partial charge in [-0.2, -0.15) is 5.26 Å². The van der Waals surface area contributed by atoms with Crippen LogP contribution in [0.25, 0.3) is 0 Å². The van der Waals surface area contributed by atoms with Crippen molar-refractivity contribution in [2.75, 3.05) is 11.9 Å². The molecule has 0 aliphatic carbocycles. The molecule has 0 saturated carbocycles. The molecule has 0 spiro atoms. The minimum Gasteiger partial charge on any atom is -0.359 e. The molecule has 1 heterocycles. The van der Waals surface area contributed by atoms with Crippen molar-refractivity contribution in [2.24, 2.45) is 0 Å². The fraction of sp³-hybridized carbons (Fsp3) is 0.176. The minimum absolute atomic E-state index is 0.265. The molecule has 2 aromatic rings. The number of nitrogens with zero attached hydrogens (tertiary/aromatic N) is 2. The Morgan fingerprint density at radius 3 is 2.71 bits per heavy atom. The molecule has 104 valence electrons. The SMILES string of the molecule is CC#CCNc1ncc(C#N)cc1Cc1ccc(F)cc1. The second kappa shape index (κ2) is 7.07. The van der Waals surface area contributed by atoms with Crippen LogP contribution in [0.2, 0.25) is 0 Å². The summed E-state index contributed by atoms with van der Waals surface area (Å²) in [5.74, 6) is 6.14. The van der Waals surface area contributed by atoms with Crippen molar-refractivity contribution in [3.05, 3.63) is 59.0 Å². The van der Waals surface area contributed by atoms with Gasteiger partial charge in [-0.3, -0.25) is 0 Å². The number of aromatic nitrogens is 1. The first-order chi connectivity index (χ1) is 10.2. The standard InChI is InChI=1S/C17H14FN3/c1-2-3-8-20-17-15(10-14(11-19)12-21-17)9-13-4-6-16(18)7-5-13/h4-7,10,12H,8-9H2,1H3,(H,20,21). The van der Waals surface area contributed by atoms with Crippen molar-refractivity contribution >= 4 is 5.82 Å². The molecule has 0 aliphatic rings. The summed E-state index contributed by atoms with van der Waals surface area (Å²) in [6.07, 6.45) is 2.10. The summed E-state index contributed by atoms with van der Waals surface area (Å²) in [4.78, 5) is 4.26. The molecular formula is C17H14FN3. The Morgan fingerprint density at radius 1 is 1.29 bits per heavy atom. The van der Waals surface area contributed by atoms with Crippen LogP contribution < -0.4 is 5.32 Å². The normalized spacial score (nSPS) is 9.38. The summed E-state index contributed by atoms with van der Waals surface area (Å²) in [5, 5.41) is 12.1. The van der Waals surface area contributed by atoms with Gasteiger partial charge in [0.25, 0.3) is 0 Å². The van der Waals surface area contributed by atoms with Crippen molar-refractivity contribution in [1.82, 2.24) is 4.98 Å². The van der Waals surface area contributed by atoms with Crippen LogP contribution in [0.4, 0.5) is 10.2 Å². The van der Waals surface area contributed by atoms with Gasteiger partial charge in [0.1, 0.15) is 17.7 Å². The molecule has 21 heavy (non-hydrogen) atoms. The molecule has 0 atom stereocenters. The van der Waals surface area contributed by atoms with Gasteiger partial charge in [-0.05, 0) is 30.7 Å². The molecule has 1 aromatic heterocycles. The zero-order valence-electron chi connectivity index (χ0n) is 11.7. The molecule has 0 unspecified atom stereocenters. The number of rotatable bonds is 4. The molecule has 4 heteroatoms. The first kappa shape index (κ1) is 14.6. The molecule has 0 saturated heterocycles. The van der Waals surface area contributed by atoms with Gasteiger partial charge in [-0.15, -0.1) is 5.92 Å². The van der Waals surface area contributed by atoms with E-state index in [2.05, 4.69) is 28.2 Å². The van der Waals surface area contributed by atoms with Crippen molar-refractivity contribution in [3.63, 3.8) is 0 Å². The van der Waals surface area contributed by atoms with Crippen molar-refractivity contribution in [3.8, 4) is 17.9 Å². The highest BCUT2D eigenvalue weighted by Crippen LogP contribution is 2.18. The molecule has 0 bridgehead atoms. The van der Waals surface area contributed by atoms with E-state index in [-0.39, 0.29) is 5.82 Å². The van der Waals surface area contributed by atoms with E-state index in [1.54, 1.807) is 25.1 Å². The lowest BCUT2D eigenvalue weighted by atomic mass is 10.0. The number of pyridine rings is 1. The number of anilines is 1. The number of nitrogens with one attached hydrogen (secondary N) is 1. The lowest BCUT2D eigenvalue weighted by molar-refractivity contribution is 0.627. The summed E-state index contributed by atoms with van der Waals surface area (Å²) < 4.78 is 12.9. The number of halogens is 1. The zero-order valence-corrected chi connectivity index (χ0v) is 11.7. The van der Waals surface area contributed by atoms with E-state index in [9.17, 15) is 4.39 Å². The summed E-state index contributed by atoms with van der Waals surface area (Å²) in [6.45, 7) is 2.26. The van der Waals surface area contributed by atoms with E-state index in [0.717, 1.165) is 11.1 Å². The lowest BCUT2D eigenvalue weighted by Gasteiger charge is -2.10. The van der Waals surface area contributed by atoms with Gasteiger partial charge in [0.05, 0.1) is 12.1 Å². The maximum atomic E-state index is 12.9. The molecule has 1 aromatic carbocycles. The maximum absolute atomic E-state index is 12.9. The van der Waals surface area contributed by atoms with Gasteiger partial charge in [0, 0.05) is 18.2 Å². The van der Waals surface area contributed by atoms with Crippen LogP contribution in [0, 0.1) is 29.0 Å². The van der Waals surface area contributed by atoms with Crippen molar-refractivity contribution in [2.45, 2.75) is 13.3 Å². The zero-order chi connectivity index (χ0) is 15.1. The molecule has 1 N–H and O–H groups in total. The third-order valence-electron chi connectivity index (χ3n) is 2.92. The Bertz CT molecular complexity index is 718. The lowest BCUT2D eigenvalue weighted by Crippen LogP contribution is -2.05. The van der Waals surface area contributed by atoms with Crippen molar-refractivity contribution < 1.29 is 4.39 Å². The quantitative estimate of drug-likeness (QED) is 0.875. The largest absolute Gasteiger partial charge is 0.359 e. The van der Waals surface area contributed by atoms with Gasteiger partial charge in [0.15, 0.2) is 0 Å². The summed E-state index contributed by atoms with van der Waals surface area (Å²) >= 11 is 0. The Morgan fingerprint density at radius 2 is 2.05 bits per heavy atom. The predicted molar refractivity (Wildman–Crippen MR) is 80.1 cm³/mol. The molecule has 0 fully saturated rings. The summed E-state index contributed by atoms with van der Waals surface area (Å²) in [6, 6.07) is 10.2. The molecule has 0 amide bonds. The number of hydrogen-bond donors (Lipinski definition) is 1. The second-order valence-electron chi connectivity index (χ2n) is 4.43. The van der Waals surface area contributed by atoms with E-state index in [4.69, 9.17) is 5.26 Å². The fourth-order valence-corrected chi connectivity index (χ4v) is 1.90. The topological polar surface area (TPSA) is 48.7 Å². The van der Waals surface area contributed by atoms with E-state index >= 15 is 0 Å². The summed E-state index contributed by atoms with van der Waals surface area (Å²) in [7, 11) is 0. The third kappa shape index (κ3) is 4.06. The van der Waals surface area contributed by atoms with Gasteiger partial charge in [-0.1, -0.05) is 18.1 Å². The van der Waals surface area contributed by atoms with Crippen LogP contribution in [0.15, 0.2) is 36.5 Å². The Balaban J connectivity index is 2.27. The molecule has 0 radical (unpaired) electrons. The molecule has 0 aliphatic heterocycles. The monoisotopic (exact) mass is 279 g/mol. The highest BCUT2D eigenvalue weighted by molar-refractivity contribution is 5.50. The smallest absolute Gasteiger partial charge is 0.130 e. The molecular weight excluding hydrogens is 265 g/mol. The number of benzene rings is 1.